The first-order chi connectivity index (χ1) is 10.8. The molecule has 7 nitrogen and oxygen atoms in total. The van der Waals surface area contributed by atoms with Gasteiger partial charge in [0.25, 0.3) is 5.69 Å². The summed E-state index contributed by atoms with van der Waals surface area (Å²) in [5.41, 5.74) is 5.90. The normalized spacial score (nSPS) is 10.3. The summed E-state index contributed by atoms with van der Waals surface area (Å²) in [4.78, 5) is 21.1. The quantitative estimate of drug-likeness (QED) is 0.406. The van der Waals surface area contributed by atoms with Gasteiger partial charge in [-0.05, 0) is 61.7 Å². The van der Waals surface area contributed by atoms with Crippen LogP contribution in [0.5, 0.6) is 11.5 Å². The molecule has 0 aliphatic heterocycles. The molecule has 0 saturated heterocycles. The maximum Gasteiger partial charge on any atom is 0.307 e. The van der Waals surface area contributed by atoms with E-state index in [1.165, 1.54) is 18.2 Å². The fourth-order valence-corrected chi connectivity index (χ4v) is 3.29. The van der Waals surface area contributed by atoms with Crippen LogP contribution >= 0.6 is 31.9 Å². The van der Waals surface area contributed by atoms with Crippen molar-refractivity contribution in [3.8, 4) is 11.5 Å². The summed E-state index contributed by atoms with van der Waals surface area (Å²) >= 11 is 6.60. The maximum atomic E-state index is 10.9. The van der Waals surface area contributed by atoms with E-state index >= 15 is 0 Å². The van der Waals surface area contributed by atoms with Crippen molar-refractivity contribution in [3.63, 3.8) is 0 Å². The van der Waals surface area contributed by atoms with Crippen LogP contribution in [0.1, 0.15) is 5.56 Å². The highest BCUT2D eigenvalue weighted by Crippen LogP contribution is 2.39. The average Bonchev–Trinajstić information content (AvgIpc) is 2.43. The van der Waals surface area contributed by atoms with Crippen molar-refractivity contribution < 1.29 is 19.6 Å². The Labute approximate surface area is 147 Å². The number of ether oxygens (including phenoxy) is 1. The lowest BCUT2D eigenvalue weighted by Gasteiger charge is -2.12. The Kier molecular flexibility index (Phi) is 5.22. The second-order valence-electron chi connectivity index (χ2n) is 4.54. The third-order valence-electron chi connectivity index (χ3n) is 2.83. The Bertz CT molecular complexity index is 772. The number of nitro benzene ring substituents is 1. The number of nitrogens with two attached hydrogens (primary N) is 1. The number of benzene rings is 2. The van der Waals surface area contributed by atoms with Gasteiger partial charge in [-0.25, -0.2) is 0 Å². The first-order valence-corrected chi connectivity index (χ1v) is 7.78. The van der Waals surface area contributed by atoms with E-state index in [1.54, 1.807) is 12.1 Å². The Morgan fingerprint density at radius 2 is 1.87 bits per heavy atom. The Morgan fingerprint density at radius 1 is 1.26 bits per heavy atom. The number of nitrogen functional groups attached to an aromatic ring is 1. The van der Waals surface area contributed by atoms with E-state index in [9.17, 15) is 14.9 Å². The minimum Gasteiger partial charge on any atom is -0.481 e. The number of carbonyl (C=O) groups is 1. The molecule has 2 rings (SSSR count). The molecule has 0 radical (unpaired) electrons. The smallest absolute Gasteiger partial charge is 0.307 e. The molecule has 0 saturated carbocycles. The van der Waals surface area contributed by atoms with Crippen molar-refractivity contribution in [2.75, 3.05) is 5.73 Å². The van der Waals surface area contributed by atoms with Gasteiger partial charge in [0.1, 0.15) is 11.4 Å². The van der Waals surface area contributed by atoms with Gasteiger partial charge in [-0.1, -0.05) is 0 Å². The van der Waals surface area contributed by atoms with Crippen LogP contribution in [0.3, 0.4) is 0 Å². The SMILES string of the molecule is Nc1ccc(Oc2c(Br)cc(CC(=O)O)cc2Br)cc1[N+](=O)[O-]. The minimum absolute atomic E-state index is 0.0392. The van der Waals surface area contributed by atoms with Crippen LogP contribution < -0.4 is 10.5 Å². The van der Waals surface area contributed by atoms with E-state index in [1.807, 2.05) is 0 Å². The lowest BCUT2D eigenvalue weighted by atomic mass is 10.1. The molecule has 9 heteroatoms. The first kappa shape index (κ1) is 17.2. The highest BCUT2D eigenvalue weighted by Gasteiger charge is 2.16. The van der Waals surface area contributed by atoms with Crippen molar-refractivity contribution >= 4 is 49.2 Å². The number of rotatable bonds is 5. The molecule has 0 aromatic heterocycles. The number of anilines is 1. The molecule has 120 valence electrons. The van der Waals surface area contributed by atoms with Gasteiger partial charge in [0, 0.05) is 0 Å². The molecule has 0 fully saturated rings. The summed E-state index contributed by atoms with van der Waals surface area (Å²) in [6.45, 7) is 0. The molecule has 0 amide bonds. The standard InChI is InChI=1S/C14H10Br2N2O5/c15-9-3-7(5-13(19)20)4-10(16)14(9)23-8-1-2-11(17)12(6-8)18(21)22/h1-4,6H,5,17H2,(H,19,20). The first-order valence-electron chi connectivity index (χ1n) is 6.19. The zero-order chi connectivity index (χ0) is 17.1. The molecule has 2 aromatic carbocycles. The second-order valence-corrected chi connectivity index (χ2v) is 6.25. The number of halogens is 2. The Balaban J connectivity index is 2.35. The van der Waals surface area contributed by atoms with Gasteiger partial charge in [0.05, 0.1) is 26.4 Å². The lowest BCUT2D eigenvalue weighted by molar-refractivity contribution is -0.384. The molecular formula is C14H10Br2N2O5. The maximum absolute atomic E-state index is 10.9. The lowest BCUT2D eigenvalue weighted by Crippen LogP contribution is -2.01. The highest BCUT2D eigenvalue weighted by molar-refractivity contribution is 9.11. The molecule has 2 aromatic rings. The molecule has 0 heterocycles. The zero-order valence-corrected chi connectivity index (χ0v) is 14.6. The minimum atomic E-state index is -0.952. The molecule has 0 unspecified atom stereocenters. The number of hydrogen-bond donors (Lipinski definition) is 2. The van der Waals surface area contributed by atoms with Crippen LogP contribution in [-0.4, -0.2) is 16.0 Å². The molecule has 0 bridgehead atoms. The monoisotopic (exact) mass is 444 g/mol. The van der Waals surface area contributed by atoms with Gasteiger partial charge in [0.15, 0.2) is 5.75 Å². The van der Waals surface area contributed by atoms with Gasteiger partial charge < -0.3 is 15.6 Å². The van der Waals surface area contributed by atoms with Crippen molar-refractivity contribution in [2.45, 2.75) is 6.42 Å². The van der Waals surface area contributed by atoms with Crippen molar-refractivity contribution in [1.29, 1.82) is 0 Å². The summed E-state index contributed by atoms with van der Waals surface area (Å²) in [5, 5.41) is 19.7. The van der Waals surface area contributed by atoms with Gasteiger partial charge in [0.2, 0.25) is 0 Å². The van der Waals surface area contributed by atoms with Crippen molar-refractivity contribution in [3.05, 3.63) is 55.0 Å². The summed E-state index contributed by atoms with van der Waals surface area (Å²) in [6.07, 6.45) is -0.134. The molecule has 23 heavy (non-hydrogen) atoms. The number of carboxylic acid groups (broad SMARTS) is 1. The third kappa shape index (κ3) is 4.20. The Hall–Kier alpha value is -2.13. The van der Waals surface area contributed by atoms with E-state index < -0.39 is 10.9 Å². The van der Waals surface area contributed by atoms with E-state index in [0.717, 1.165) is 0 Å². The van der Waals surface area contributed by atoms with E-state index in [0.29, 0.717) is 20.3 Å². The van der Waals surface area contributed by atoms with Crippen LogP contribution in [0.4, 0.5) is 11.4 Å². The molecule has 3 N–H and O–H groups in total. The third-order valence-corrected chi connectivity index (χ3v) is 4.01. The topological polar surface area (TPSA) is 116 Å². The van der Waals surface area contributed by atoms with Crippen molar-refractivity contribution in [2.24, 2.45) is 0 Å². The van der Waals surface area contributed by atoms with Crippen LogP contribution in [0.25, 0.3) is 0 Å². The average molecular weight is 446 g/mol. The van der Waals surface area contributed by atoms with Crippen LogP contribution in [0, 0.1) is 10.1 Å². The van der Waals surface area contributed by atoms with Crippen molar-refractivity contribution in [1.82, 2.24) is 0 Å². The van der Waals surface area contributed by atoms with Gasteiger partial charge in [-0.3, -0.25) is 14.9 Å². The van der Waals surface area contributed by atoms with E-state index in [4.69, 9.17) is 15.6 Å². The van der Waals surface area contributed by atoms with Gasteiger partial charge >= 0.3 is 5.97 Å². The summed E-state index contributed by atoms with van der Waals surface area (Å²) in [5.74, 6) is -0.344. The van der Waals surface area contributed by atoms with Crippen LogP contribution in [0.2, 0.25) is 0 Å². The predicted octanol–water partition coefficient (Wildman–Crippen LogP) is 4.12. The number of aliphatic carboxylic acids is 1. The summed E-state index contributed by atoms with van der Waals surface area (Å²) in [7, 11) is 0. The van der Waals surface area contributed by atoms with E-state index in [-0.39, 0.29) is 23.5 Å². The fraction of sp³-hybridized carbons (Fsp3) is 0.0714. The predicted molar refractivity (Wildman–Crippen MR) is 90.8 cm³/mol. The molecule has 0 aliphatic rings. The van der Waals surface area contributed by atoms with Crippen LogP contribution in [-0.2, 0) is 11.2 Å². The van der Waals surface area contributed by atoms with Crippen LogP contribution in [0.15, 0.2) is 39.3 Å². The number of hydrogen-bond acceptors (Lipinski definition) is 5. The number of nitrogens with zero attached hydrogens (tertiary/aromatic N) is 1. The molecule has 0 atom stereocenters. The highest BCUT2D eigenvalue weighted by atomic mass is 79.9. The number of nitro groups is 1. The van der Waals surface area contributed by atoms with Gasteiger partial charge in [-0.15, -0.1) is 0 Å². The summed E-state index contributed by atoms with van der Waals surface area (Å²) in [6, 6.07) is 7.33. The largest absolute Gasteiger partial charge is 0.481 e. The zero-order valence-electron chi connectivity index (χ0n) is 11.5. The molecule has 0 aliphatic carbocycles. The number of carboxylic acids is 1. The fourth-order valence-electron chi connectivity index (χ4n) is 1.85. The summed E-state index contributed by atoms with van der Waals surface area (Å²) < 4.78 is 6.68. The molecule has 0 spiro atoms. The second kappa shape index (κ2) is 6.97. The Morgan fingerprint density at radius 3 is 2.39 bits per heavy atom. The molecular weight excluding hydrogens is 436 g/mol. The van der Waals surface area contributed by atoms with Gasteiger partial charge in [-0.2, -0.15) is 0 Å². The van der Waals surface area contributed by atoms with E-state index in [2.05, 4.69) is 31.9 Å².